The van der Waals surface area contributed by atoms with Crippen LogP contribution in [0.1, 0.15) is 38.3 Å². The minimum atomic E-state index is -1.30. The highest BCUT2D eigenvalue weighted by Gasteiger charge is 2.44. The lowest BCUT2D eigenvalue weighted by Crippen LogP contribution is -2.31. The van der Waals surface area contributed by atoms with E-state index in [2.05, 4.69) is 25.7 Å². The van der Waals surface area contributed by atoms with Gasteiger partial charge in [-0.15, -0.1) is 15.3 Å². The van der Waals surface area contributed by atoms with Gasteiger partial charge in [-0.3, -0.25) is 9.59 Å². The van der Waals surface area contributed by atoms with Gasteiger partial charge in [0.2, 0.25) is 5.91 Å². The van der Waals surface area contributed by atoms with Crippen LogP contribution in [0.4, 0.5) is 10.2 Å². The Balaban J connectivity index is 1.50. The third kappa shape index (κ3) is 4.23. The molecule has 1 fully saturated rings. The standard InChI is InChI=1S/C18H20FN7O3/c1-11(2)17-12(29-9-18(19)5-6-18)7-16(28)25(24-17)8-15(27)21-13-3-4-14-22-20-10-26(14)23-13/h3-4,7,10-11H,5-6,8-9H2,1-2H3,(H,21,23,27). The van der Waals surface area contributed by atoms with Gasteiger partial charge in [0, 0.05) is 12.0 Å². The molecular weight excluding hydrogens is 381 g/mol. The second-order valence-corrected chi connectivity index (χ2v) is 7.38. The fraction of sp³-hybridized carbons (Fsp3) is 0.444. The summed E-state index contributed by atoms with van der Waals surface area (Å²) in [5, 5.41) is 18.6. The van der Waals surface area contributed by atoms with Crippen LogP contribution >= 0.6 is 0 Å². The van der Waals surface area contributed by atoms with Crippen molar-refractivity contribution in [1.29, 1.82) is 0 Å². The van der Waals surface area contributed by atoms with Crippen molar-refractivity contribution in [2.75, 3.05) is 11.9 Å². The van der Waals surface area contributed by atoms with Crippen LogP contribution < -0.4 is 15.6 Å². The van der Waals surface area contributed by atoms with E-state index in [0.29, 0.717) is 24.2 Å². The number of fused-ring (bicyclic) bond motifs is 1. The van der Waals surface area contributed by atoms with Crippen molar-refractivity contribution in [1.82, 2.24) is 29.6 Å². The largest absolute Gasteiger partial charge is 0.488 e. The van der Waals surface area contributed by atoms with Gasteiger partial charge < -0.3 is 10.1 Å². The third-order valence-electron chi connectivity index (χ3n) is 4.54. The second kappa shape index (κ2) is 7.22. The molecule has 10 nitrogen and oxygen atoms in total. The Morgan fingerprint density at radius 3 is 2.86 bits per heavy atom. The van der Waals surface area contributed by atoms with E-state index in [1.165, 1.54) is 16.9 Å². The average molecular weight is 401 g/mol. The molecule has 3 heterocycles. The first-order valence-corrected chi connectivity index (χ1v) is 9.24. The van der Waals surface area contributed by atoms with E-state index in [4.69, 9.17) is 4.74 Å². The summed E-state index contributed by atoms with van der Waals surface area (Å²) in [5.41, 5.74) is -0.780. The molecule has 0 bridgehead atoms. The van der Waals surface area contributed by atoms with Crippen LogP contribution in [-0.2, 0) is 11.3 Å². The molecule has 1 amide bonds. The highest BCUT2D eigenvalue weighted by atomic mass is 19.1. The van der Waals surface area contributed by atoms with E-state index in [9.17, 15) is 14.0 Å². The van der Waals surface area contributed by atoms with Crippen LogP contribution in [0.2, 0.25) is 0 Å². The van der Waals surface area contributed by atoms with E-state index in [1.54, 1.807) is 12.1 Å². The van der Waals surface area contributed by atoms with E-state index in [0.717, 1.165) is 4.68 Å². The van der Waals surface area contributed by atoms with Crippen LogP contribution in [0.25, 0.3) is 5.65 Å². The Labute approximate surface area is 164 Å². The number of carbonyl (C=O) groups is 1. The van der Waals surface area contributed by atoms with Gasteiger partial charge in [-0.05, 0) is 25.0 Å². The van der Waals surface area contributed by atoms with Gasteiger partial charge in [-0.2, -0.15) is 9.61 Å². The molecule has 152 valence electrons. The van der Waals surface area contributed by atoms with Crippen LogP contribution in [0.3, 0.4) is 0 Å². The summed E-state index contributed by atoms with van der Waals surface area (Å²) in [6.45, 7) is 3.36. The predicted molar refractivity (Wildman–Crippen MR) is 101 cm³/mol. The Morgan fingerprint density at radius 1 is 1.34 bits per heavy atom. The normalized spacial score (nSPS) is 14.9. The van der Waals surface area contributed by atoms with Crippen molar-refractivity contribution in [2.24, 2.45) is 0 Å². The predicted octanol–water partition coefficient (Wildman–Crippen LogP) is 1.32. The molecule has 4 rings (SSSR count). The summed E-state index contributed by atoms with van der Waals surface area (Å²) in [4.78, 5) is 24.8. The average Bonchev–Trinajstić information content (AvgIpc) is 3.22. The summed E-state index contributed by atoms with van der Waals surface area (Å²) < 4.78 is 21.8. The first kappa shape index (κ1) is 19.0. The molecule has 0 radical (unpaired) electrons. The number of ether oxygens (including phenoxy) is 1. The molecule has 0 aliphatic heterocycles. The number of hydrogen-bond acceptors (Lipinski definition) is 7. The van der Waals surface area contributed by atoms with E-state index in [-0.39, 0.29) is 30.6 Å². The number of alkyl halides is 1. The fourth-order valence-corrected chi connectivity index (χ4v) is 2.72. The third-order valence-corrected chi connectivity index (χ3v) is 4.54. The van der Waals surface area contributed by atoms with Gasteiger partial charge in [0.25, 0.3) is 5.56 Å². The molecule has 3 aromatic rings. The molecule has 1 aliphatic rings. The number of rotatable bonds is 7. The van der Waals surface area contributed by atoms with Crippen molar-refractivity contribution in [3.8, 4) is 5.75 Å². The van der Waals surface area contributed by atoms with Crippen molar-refractivity contribution < 1.29 is 13.9 Å². The molecule has 1 N–H and O–H groups in total. The van der Waals surface area contributed by atoms with Crippen LogP contribution in [-0.4, -0.2) is 47.8 Å². The maximum atomic E-state index is 13.9. The van der Waals surface area contributed by atoms with Crippen LogP contribution in [0.5, 0.6) is 5.75 Å². The molecule has 29 heavy (non-hydrogen) atoms. The van der Waals surface area contributed by atoms with Crippen molar-refractivity contribution in [3.63, 3.8) is 0 Å². The Hall–Kier alpha value is -3.37. The van der Waals surface area contributed by atoms with Crippen molar-refractivity contribution >= 4 is 17.4 Å². The van der Waals surface area contributed by atoms with Crippen molar-refractivity contribution in [3.05, 3.63) is 40.6 Å². The summed E-state index contributed by atoms with van der Waals surface area (Å²) >= 11 is 0. The number of nitrogens with one attached hydrogen (secondary N) is 1. The highest BCUT2D eigenvalue weighted by Crippen LogP contribution is 2.40. The summed E-state index contributed by atoms with van der Waals surface area (Å²) in [6, 6.07) is 4.49. The van der Waals surface area contributed by atoms with Gasteiger partial charge in [-0.25, -0.2) is 9.07 Å². The van der Waals surface area contributed by atoms with Gasteiger partial charge >= 0.3 is 0 Å². The number of nitrogens with zero attached hydrogens (tertiary/aromatic N) is 6. The molecule has 0 spiro atoms. The topological polar surface area (TPSA) is 116 Å². The number of aromatic nitrogens is 6. The first-order valence-electron chi connectivity index (χ1n) is 9.24. The maximum Gasteiger partial charge on any atom is 0.270 e. The molecule has 0 saturated heterocycles. The SMILES string of the molecule is CC(C)c1nn(CC(=O)Nc2ccc3nncn3n2)c(=O)cc1OCC1(F)CC1. The van der Waals surface area contributed by atoms with E-state index in [1.807, 2.05) is 13.8 Å². The lowest BCUT2D eigenvalue weighted by Gasteiger charge is -2.16. The minimum absolute atomic E-state index is 0.0764. The maximum absolute atomic E-state index is 13.9. The molecule has 11 heteroatoms. The molecule has 3 aromatic heterocycles. The number of anilines is 1. The molecule has 0 atom stereocenters. The number of carbonyl (C=O) groups excluding carboxylic acids is 1. The number of hydrogen-bond donors (Lipinski definition) is 1. The van der Waals surface area contributed by atoms with Gasteiger partial charge in [0.05, 0.1) is 0 Å². The zero-order valence-corrected chi connectivity index (χ0v) is 16.0. The van der Waals surface area contributed by atoms with E-state index >= 15 is 0 Å². The zero-order valence-electron chi connectivity index (χ0n) is 16.0. The van der Waals surface area contributed by atoms with Gasteiger partial charge in [0.1, 0.15) is 36.6 Å². The first-order chi connectivity index (χ1) is 13.8. The highest BCUT2D eigenvalue weighted by molar-refractivity contribution is 5.89. The minimum Gasteiger partial charge on any atom is -0.488 e. The van der Waals surface area contributed by atoms with Gasteiger partial charge in [-0.1, -0.05) is 13.8 Å². The molecule has 1 saturated carbocycles. The monoisotopic (exact) mass is 401 g/mol. The quantitative estimate of drug-likeness (QED) is 0.635. The number of halogens is 1. The van der Waals surface area contributed by atoms with Gasteiger partial charge in [0.15, 0.2) is 11.5 Å². The van der Waals surface area contributed by atoms with Crippen molar-refractivity contribution in [2.45, 2.75) is 44.8 Å². The lowest BCUT2D eigenvalue weighted by atomic mass is 10.1. The Bertz CT molecular complexity index is 1120. The molecular formula is C18H20FN7O3. The molecule has 0 aromatic carbocycles. The Kier molecular flexibility index (Phi) is 4.73. The van der Waals surface area contributed by atoms with Crippen LogP contribution in [0.15, 0.2) is 29.3 Å². The summed E-state index contributed by atoms with van der Waals surface area (Å²) in [7, 11) is 0. The lowest BCUT2D eigenvalue weighted by molar-refractivity contribution is -0.117. The van der Waals surface area contributed by atoms with Crippen LogP contribution in [0, 0.1) is 0 Å². The Morgan fingerprint density at radius 2 is 2.14 bits per heavy atom. The zero-order chi connectivity index (χ0) is 20.6. The summed E-state index contributed by atoms with van der Waals surface area (Å²) in [5.74, 6) is -0.00143. The van der Waals surface area contributed by atoms with E-state index < -0.39 is 17.1 Å². The second-order valence-electron chi connectivity index (χ2n) is 7.38. The molecule has 0 unspecified atom stereocenters. The fourth-order valence-electron chi connectivity index (χ4n) is 2.72. The summed E-state index contributed by atoms with van der Waals surface area (Å²) in [6.07, 6.45) is 2.33. The smallest absolute Gasteiger partial charge is 0.270 e. The molecule has 1 aliphatic carbocycles. The number of amides is 1.